The highest BCUT2D eigenvalue weighted by molar-refractivity contribution is 5.89. The maximum atomic E-state index is 11.0. The normalized spacial score (nSPS) is 27.0. The summed E-state index contributed by atoms with van der Waals surface area (Å²) in [6.07, 6.45) is 3.79. The summed E-state index contributed by atoms with van der Waals surface area (Å²) in [5.41, 5.74) is 2.23. The lowest BCUT2D eigenvalue weighted by Crippen LogP contribution is -2.35. The molecule has 3 nitrogen and oxygen atoms in total. The van der Waals surface area contributed by atoms with Gasteiger partial charge in [-0.15, -0.1) is 0 Å². The minimum atomic E-state index is -0.858. The number of hydrogen-bond donors (Lipinski definition) is 2. The van der Waals surface area contributed by atoms with Crippen LogP contribution in [0.1, 0.15) is 49.0 Å². The molecule has 0 saturated heterocycles. The molecule has 1 saturated carbocycles. The molecule has 0 heterocycles. The van der Waals surface area contributed by atoms with E-state index in [1.54, 1.807) is 6.07 Å². The van der Waals surface area contributed by atoms with Gasteiger partial charge in [-0.1, -0.05) is 26.7 Å². The topological polar surface area (TPSA) is 49.3 Å². The highest BCUT2D eigenvalue weighted by Gasteiger charge is 2.26. The molecule has 3 atom stereocenters. The van der Waals surface area contributed by atoms with Crippen molar-refractivity contribution in [2.24, 2.45) is 11.8 Å². The lowest BCUT2D eigenvalue weighted by molar-refractivity contribution is 0.0696. The van der Waals surface area contributed by atoms with Gasteiger partial charge in [0.25, 0.3) is 0 Å². The second-order valence-corrected chi connectivity index (χ2v) is 5.85. The summed E-state index contributed by atoms with van der Waals surface area (Å²) in [4.78, 5) is 11.0. The van der Waals surface area contributed by atoms with Crippen molar-refractivity contribution in [3.8, 4) is 0 Å². The van der Waals surface area contributed by atoms with Crippen LogP contribution in [0.25, 0.3) is 0 Å². The first kappa shape index (κ1) is 13.9. The number of aryl methyl sites for hydroxylation is 1. The third-order valence-electron chi connectivity index (χ3n) is 4.52. The quantitative estimate of drug-likeness (QED) is 0.866. The molecular weight excluding hydrogens is 238 g/mol. The molecule has 1 aromatic carbocycles. The molecule has 2 N–H and O–H groups in total. The number of aromatic carboxylic acids is 1. The minimum Gasteiger partial charge on any atom is -0.478 e. The van der Waals surface area contributed by atoms with Crippen LogP contribution in [0.4, 0.5) is 5.69 Å². The van der Waals surface area contributed by atoms with Gasteiger partial charge in [-0.3, -0.25) is 0 Å². The van der Waals surface area contributed by atoms with Gasteiger partial charge in [0.2, 0.25) is 0 Å². The number of carboxylic acids is 1. The van der Waals surface area contributed by atoms with Gasteiger partial charge < -0.3 is 10.4 Å². The van der Waals surface area contributed by atoms with E-state index in [4.69, 9.17) is 5.11 Å². The van der Waals surface area contributed by atoms with E-state index in [2.05, 4.69) is 19.2 Å². The fourth-order valence-electron chi connectivity index (χ4n) is 2.99. The zero-order chi connectivity index (χ0) is 14.0. The van der Waals surface area contributed by atoms with Gasteiger partial charge in [0.15, 0.2) is 0 Å². The Bertz CT molecular complexity index is 470. The molecule has 1 fully saturated rings. The van der Waals surface area contributed by atoms with Crippen LogP contribution in [0.2, 0.25) is 0 Å². The van der Waals surface area contributed by atoms with Gasteiger partial charge in [0.05, 0.1) is 5.56 Å². The molecule has 19 heavy (non-hydrogen) atoms. The van der Waals surface area contributed by atoms with Gasteiger partial charge >= 0.3 is 5.97 Å². The molecule has 3 heteroatoms. The second-order valence-electron chi connectivity index (χ2n) is 5.85. The Hall–Kier alpha value is -1.51. The Kier molecular flexibility index (Phi) is 4.13. The van der Waals surface area contributed by atoms with Crippen LogP contribution in [-0.2, 0) is 0 Å². The molecule has 0 aliphatic heterocycles. The van der Waals surface area contributed by atoms with Gasteiger partial charge in [0.1, 0.15) is 0 Å². The van der Waals surface area contributed by atoms with Crippen molar-refractivity contribution in [2.75, 3.05) is 5.32 Å². The van der Waals surface area contributed by atoms with Crippen molar-refractivity contribution in [1.29, 1.82) is 0 Å². The van der Waals surface area contributed by atoms with Gasteiger partial charge in [-0.25, -0.2) is 4.79 Å². The zero-order valence-corrected chi connectivity index (χ0v) is 11.9. The number of nitrogens with one attached hydrogen (secondary N) is 1. The minimum absolute atomic E-state index is 0.385. The standard InChI is InChI=1S/C16H23NO2/c1-10-5-4-6-15(12(10)3)17-13-7-8-14(16(18)19)11(2)9-13/h7-10,12,15,17H,4-6H2,1-3H3,(H,18,19). The van der Waals surface area contributed by atoms with Crippen molar-refractivity contribution in [3.63, 3.8) is 0 Å². The fraction of sp³-hybridized carbons (Fsp3) is 0.562. The summed E-state index contributed by atoms with van der Waals surface area (Å²) in [5, 5.41) is 12.6. The summed E-state index contributed by atoms with van der Waals surface area (Å²) >= 11 is 0. The first-order chi connectivity index (χ1) is 8.99. The number of carbonyl (C=O) groups is 1. The molecule has 104 valence electrons. The van der Waals surface area contributed by atoms with Crippen LogP contribution >= 0.6 is 0 Å². The summed E-state index contributed by atoms with van der Waals surface area (Å²) in [5.74, 6) is 0.558. The highest BCUT2D eigenvalue weighted by Crippen LogP contribution is 2.31. The predicted octanol–water partition coefficient (Wildman–Crippen LogP) is 3.93. The molecule has 3 unspecified atom stereocenters. The smallest absolute Gasteiger partial charge is 0.335 e. The van der Waals surface area contributed by atoms with Crippen LogP contribution in [0.5, 0.6) is 0 Å². The Labute approximate surface area is 115 Å². The number of rotatable bonds is 3. The third-order valence-corrected chi connectivity index (χ3v) is 4.52. The van der Waals surface area contributed by atoms with Gasteiger partial charge in [-0.05, 0) is 48.9 Å². The molecule has 1 aliphatic carbocycles. The van der Waals surface area contributed by atoms with E-state index in [0.29, 0.717) is 17.5 Å². The molecular formula is C16H23NO2. The molecule has 0 radical (unpaired) electrons. The molecule has 0 aromatic heterocycles. The average Bonchev–Trinajstić information content (AvgIpc) is 2.34. The number of benzene rings is 1. The van der Waals surface area contributed by atoms with Crippen LogP contribution < -0.4 is 5.32 Å². The molecule has 2 rings (SSSR count). The van der Waals surface area contributed by atoms with E-state index < -0.39 is 5.97 Å². The van der Waals surface area contributed by atoms with E-state index in [9.17, 15) is 4.79 Å². The summed E-state index contributed by atoms with van der Waals surface area (Å²) in [6.45, 7) is 6.47. The van der Waals surface area contributed by atoms with Crippen molar-refractivity contribution in [1.82, 2.24) is 0 Å². The lowest BCUT2D eigenvalue weighted by atomic mass is 9.78. The first-order valence-corrected chi connectivity index (χ1v) is 7.09. The first-order valence-electron chi connectivity index (χ1n) is 7.09. The Morgan fingerprint density at radius 2 is 2.05 bits per heavy atom. The predicted molar refractivity (Wildman–Crippen MR) is 77.7 cm³/mol. The average molecular weight is 261 g/mol. The zero-order valence-electron chi connectivity index (χ0n) is 11.9. The number of anilines is 1. The molecule has 0 amide bonds. The fourth-order valence-corrected chi connectivity index (χ4v) is 2.99. The number of hydrogen-bond acceptors (Lipinski definition) is 2. The maximum absolute atomic E-state index is 11.0. The van der Waals surface area contributed by atoms with E-state index in [-0.39, 0.29) is 0 Å². The third kappa shape index (κ3) is 3.09. The molecule has 1 aliphatic rings. The Morgan fingerprint density at radius 3 is 2.68 bits per heavy atom. The lowest BCUT2D eigenvalue weighted by Gasteiger charge is -2.35. The molecule has 0 bridgehead atoms. The SMILES string of the molecule is Cc1cc(NC2CCCC(C)C2C)ccc1C(=O)O. The van der Waals surface area contributed by atoms with Crippen LogP contribution in [-0.4, -0.2) is 17.1 Å². The van der Waals surface area contributed by atoms with Gasteiger partial charge in [0, 0.05) is 11.7 Å². The van der Waals surface area contributed by atoms with Crippen molar-refractivity contribution < 1.29 is 9.90 Å². The van der Waals surface area contributed by atoms with Crippen molar-refractivity contribution >= 4 is 11.7 Å². The molecule has 1 aromatic rings. The summed E-state index contributed by atoms with van der Waals surface area (Å²) in [6, 6.07) is 6.01. The van der Waals surface area contributed by atoms with E-state index >= 15 is 0 Å². The van der Waals surface area contributed by atoms with E-state index in [1.807, 2.05) is 19.1 Å². The maximum Gasteiger partial charge on any atom is 0.335 e. The Balaban J connectivity index is 2.11. The summed E-state index contributed by atoms with van der Waals surface area (Å²) < 4.78 is 0. The molecule has 0 spiro atoms. The van der Waals surface area contributed by atoms with Crippen LogP contribution in [0.3, 0.4) is 0 Å². The van der Waals surface area contributed by atoms with Gasteiger partial charge in [-0.2, -0.15) is 0 Å². The van der Waals surface area contributed by atoms with Crippen molar-refractivity contribution in [3.05, 3.63) is 29.3 Å². The van der Waals surface area contributed by atoms with E-state index in [1.165, 1.54) is 19.3 Å². The second kappa shape index (κ2) is 5.64. The number of carboxylic acid groups (broad SMARTS) is 1. The summed E-state index contributed by atoms with van der Waals surface area (Å²) in [7, 11) is 0. The largest absolute Gasteiger partial charge is 0.478 e. The highest BCUT2D eigenvalue weighted by atomic mass is 16.4. The Morgan fingerprint density at radius 1 is 1.32 bits per heavy atom. The van der Waals surface area contributed by atoms with Crippen LogP contribution in [0.15, 0.2) is 18.2 Å². The van der Waals surface area contributed by atoms with Crippen molar-refractivity contribution in [2.45, 2.75) is 46.1 Å². The monoisotopic (exact) mass is 261 g/mol. The van der Waals surface area contributed by atoms with Crippen LogP contribution in [0, 0.1) is 18.8 Å². The van der Waals surface area contributed by atoms with E-state index in [0.717, 1.165) is 17.2 Å².